The molecule has 0 aliphatic rings. The second-order valence-corrected chi connectivity index (χ2v) is 4.28. The molecule has 1 aromatic rings. The van der Waals surface area contributed by atoms with Gasteiger partial charge >= 0.3 is 6.18 Å². The van der Waals surface area contributed by atoms with Crippen molar-refractivity contribution >= 4 is 23.1 Å². The van der Waals surface area contributed by atoms with Crippen molar-refractivity contribution in [1.29, 1.82) is 0 Å². The van der Waals surface area contributed by atoms with Crippen LogP contribution in [-0.4, -0.2) is 30.9 Å². The lowest BCUT2D eigenvalue weighted by Gasteiger charge is -2.20. The number of hydrogen-bond donors (Lipinski definition) is 3. The fourth-order valence-electron chi connectivity index (χ4n) is 1.49. The van der Waals surface area contributed by atoms with Crippen molar-refractivity contribution in [3.63, 3.8) is 0 Å². The molecule has 0 heterocycles. The summed E-state index contributed by atoms with van der Waals surface area (Å²) in [6, 6.07) is 4.47. The Morgan fingerprint density at radius 1 is 1.55 bits per heavy atom. The number of nitrogens with zero attached hydrogens (tertiary/aromatic N) is 1. The minimum Gasteiger partial charge on any atom is -0.495 e. The van der Waals surface area contributed by atoms with Gasteiger partial charge in [-0.15, -0.1) is 0 Å². The van der Waals surface area contributed by atoms with E-state index < -0.39 is 24.5 Å². The van der Waals surface area contributed by atoms with Crippen LogP contribution >= 0.6 is 11.6 Å². The number of oxime groups is 1. The summed E-state index contributed by atoms with van der Waals surface area (Å²) in [6.45, 7) is -0.615. The molecule has 0 saturated carbocycles. The Morgan fingerprint density at radius 2 is 2.20 bits per heavy atom. The van der Waals surface area contributed by atoms with Crippen LogP contribution in [0.1, 0.15) is 0 Å². The molecule has 1 atom stereocenters. The average molecular weight is 312 g/mol. The van der Waals surface area contributed by atoms with Gasteiger partial charge in [-0.25, -0.2) is 0 Å². The minimum atomic E-state index is -4.64. The van der Waals surface area contributed by atoms with Gasteiger partial charge in [0.2, 0.25) is 0 Å². The maximum atomic E-state index is 12.8. The number of methoxy groups -OCH3 is 1. The highest BCUT2D eigenvalue weighted by Gasteiger charge is 2.42. The number of rotatable bonds is 5. The second kappa shape index (κ2) is 6.56. The number of halogens is 4. The van der Waals surface area contributed by atoms with Crippen LogP contribution in [-0.2, 0) is 0 Å². The molecule has 1 unspecified atom stereocenters. The van der Waals surface area contributed by atoms with E-state index in [1.807, 2.05) is 0 Å². The van der Waals surface area contributed by atoms with E-state index in [0.717, 1.165) is 0 Å². The molecule has 0 aromatic heterocycles. The predicted octanol–water partition coefficient (Wildman–Crippen LogP) is 2.69. The van der Waals surface area contributed by atoms with E-state index in [4.69, 9.17) is 27.3 Å². The van der Waals surface area contributed by atoms with Crippen LogP contribution in [0.3, 0.4) is 0 Å². The maximum absolute atomic E-state index is 12.8. The van der Waals surface area contributed by atoms with Gasteiger partial charge in [0.15, 0.2) is 5.84 Å². The molecule has 0 bridgehead atoms. The molecule has 112 valence electrons. The monoisotopic (exact) mass is 311 g/mol. The van der Waals surface area contributed by atoms with E-state index in [1.54, 1.807) is 0 Å². The van der Waals surface area contributed by atoms with Crippen molar-refractivity contribution in [2.24, 2.45) is 16.8 Å². The third-order valence-electron chi connectivity index (χ3n) is 2.53. The van der Waals surface area contributed by atoms with E-state index in [9.17, 15) is 13.2 Å². The molecular formula is C11H13ClF3N3O2. The highest BCUT2D eigenvalue weighted by Crippen LogP contribution is 2.30. The predicted molar refractivity (Wildman–Crippen MR) is 69.4 cm³/mol. The molecule has 0 spiro atoms. The number of nitrogens with two attached hydrogens (primary N) is 1. The van der Waals surface area contributed by atoms with Crippen molar-refractivity contribution in [2.45, 2.75) is 6.18 Å². The van der Waals surface area contributed by atoms with Crippen LogP contribution in [0.4, 0.5) is 18.9 Å². The number of anilines is 1. The SMILES string of the molecule is COc1ccc(Cl)cc1NCC(/C(N)=N/O)C(F)(F)F. The van der Waals surface area contributed by atoms with Crippen LogP contribution < -0.4 is 15.8 Å². The molecule has 0 amide bonds. The topological polar surface area (TPSA) is 79.9 Å². The molecule has 0 fully saturated rings. The molecule has 0 saturated heterocycles. The molecule has 1 aromatic carbocycles. The van der Waals surface area contributed by atoms with Gasteiger partial charge in [0.1, 0.15) is 11.7 Å². The first-order valence-electron chi connectivity index (χ1n) is 5.41. The summed E-state index contributed by atoms with van der Waals surface area (Å²) in [5, 5.41) is 13.7. The third-order valence-corrected chi connectivity index (χ3v) is 2.76. The lowest BCUT2D eigenvalue weighted by Crippen LogP contribution is -2.40. The summed E-state index contributed by atoms with van der Waals surface area (Å²) < 4.78 is 43.2. The van der Waals surface area contributed by atoms with E-state index in [0.29, 0.717) is 10.8 Å². The van der Waals surface area contributed by atoms with Crippen molar-refractivity contribution in [3.8, 4) is 5.75 Å². The van der Waals surface area contributed by atoms with Gasteiger partial charge in [-0.1, -0.05) is 16.8 Å². The Kier molecular flexibility index (Phi) is 5.32. The van der Waals surface area contributed by atoms with Crippen molar-refractivity contribution in [3.05, 3.63) is 23.2 Å². The van der Waals surface area contributed by atoms with Crippen LogP contribution in [0, 0.1) is 5.92 Å². The van der Waals surface area contributed by atoms with Gasteiger partial charge in [0, 0.05) is 11.6 Å². The summed E-state index contributed by atoms with van der Waals surface area (Å²) in [5.74, 6) is -2.72. The molecule has 0 radical (unpaired) electrons. The number of benzene rings is 1. The summed E-state index contributed by atoms with van der Waals surface area (Å²) >= 11 is 5.76. The zero-order valence-corrected chi connectivity index (χ0v) is 11.2. The summed E-state index contributed by atoms with van der Waals surface area (Å²) in [7, 11) is 1.37. The van der Waals surface area contributed by atoms with E-state index >= 15 is 0 Å². The Labute approximate surface area is 118 Å². The average Bonchev–Trinajstić information content (AvgIpc) is 2.37. The zero-order valence-electron chi connectivity index (χ0n) is 10.4. The highest BCUT2D eigenvalue weighted by atomic mass is 35.5. The molecular weight excluding hydrogens is 299 g/mol. The molecule has 20 heavy (non-hydrogen) atoms. The minimum absolute atomic E-state index is 0.278. The summed E-state index contributed by atoms with van der Waals surface area (Å²) in [5.41, 5.74) is 5.33. The number of amidine groups is 1. The molecule has 9 heteroatoms. The fraction of sp³-hybridized carbons (Fsp3) is 0.364. The van der Waals surface area contributed by atoms with E-state index in [-0.39, 0.29) is 5.69 Å². The van der Waals surface area contributed by atoms with Crippen molar-refractivity contribution in [2.75, 3.05) is 19.0 Å². The number of hydrogen-bond acceptors (Lipinski definition) is 4. The van der Waals surface area contributed by atoms with Gasteiger partial charge in [0.05, 0.1) is 12.8 Å². The summed E-state index contributed by atoms with van der Waals surface area (Å²) in [6.07, 6.45) is -4.64. The first-order valence-corrected chi connectivity index (χ1v) is 5.79. The van der Waals surface area contributed by atoms with Gasteiger partial charge < -0.3 is 21.0 Å². The molecule has 0 aliphatic heterocycles. The summed E-state index contributed by atoms with van der Waals surface area (Å²) in [4.78, 5) is 0. The number of ether oxygens (including phenoxy) is 1. The molecule has 1 rings (SSSR count). The fourth-order valence-corrected chi connectivity index (χ4v) is 1.66. The molecule has 4 N–H and O–H groups in total. The van der Waals surface area contributed by atoms with Gasteiger partial charge in [-0.2, -0.15) is 13.2 Å². The first-order chi connectivity index (χ1) is 9.29. The number of alkyl halides is 3. The van der Waals surface area contributed by atoms with E-state index in [1.165, 1.54) is 25.3 Å². The smallest absolute Gasteiger partial charge is 0.400 e. The second-order valence-electron chi connectivity index (χ2n) is 3.84. The lowest BCUT2D eigenvalue weighted by atomic mass is 10.1. The Balaban J connectivity index is 2.91. The lowest BCUT2D eigenvalue weighted by molar-refractivity contribution is -0.152. The zero-order chi connectivity index (χ0) is 15.3. The Bertz CT molecular complexity index is 494. The van der Waals surface area contributed by atoms with Crippen LogP contribution in [0.2, 0.25) is 5.02 Å². The van der Waals surface area contributed by atoms with E-state index in [2.05, 4.69) is 10.5 Å². The van der Waals surface area contributed by atoms with Gasteiger partial charge in [0.25, 0.3) is 0 Å². The third kappa shape index (κ3) is 4.09. The van der Waals surface area contributed by atoms with Crippen LogP contribution in [0.25, 0.3) is 0 Å². The largest absolute Gasteiger partial charge is 0.495 e. The Hall–Kier alpha value is -1.83. The quantitative estimate of drug-likeness (QED) is 0.338. The highest BCUT2D eigenvalue weighted by molar-refractivity contribution is 6.30. The van der Waals surface area contributed by atoms with Crippen molar-refractivity contribution < 1.29 is 23.1 Å². The van der Waals surface area contributed by atoms with Crippen molar-refractivity contribution in [1.82, 2.24) is 0 Å². The first kappa shape index (κ1) is 16.2. The van der Waals surface area contributed by atoms with Crippen LogP contribution in [0.5, 0.6) is 5.75 Å². The van der Waals surface area contributed by atoms with Gasteiger partial charge in [-0.05, 0) is 18.2 Å². The maximum Gasteiger partial charge on any atom is 0.400 e. The molecule has 0 aliphatic carbocycles. The normalized spacial score (nSPS) is 13.9. The number of nitrogens with one attached hydrogen (secondary N) is 1. The van der Waals surface area contributed by atoms with Crippen LogP contribution in [0.15, 0.2) is 23.4 Å². The Morgan fingerprint density at radius 3 is 2.70 bits per heavy atom. The standard InChI is InChI=1S/C11H13ClF3N3O2/c1-20-9-3-2-6(12)4-8(9)17-5-7(10(16)18-19)11(13,14)15/h2-4,7,17,19H,5H2,1H3,(H2,16,18). The van der Waals surface area contributed by atoms with Gasteiger partial charge in [-0.3, -0.25) is 0 Å². The molecule has 5 nitrogen and oxygen atoms in total.